The Bertz CT molecular complexity index is 353. The van der Waals surface area contributed by atoms with E-state index in [1.807, 2.05) is 5.38 Å². The number of aromatic nitrogens is 1. The van der Waals surface area contributed by atoms with Gasteiger partial charge in [-0.25, -0.2) is 4.98 Å². The summed E-state index contributed by atoms with van der Waals surface area (Å²) >= 11 is 1.63. The second kappa shape index (κ2) is 4.93. The van der Waals surface area contributed by atoms with E-state index in [0.29, 0.717) is 6.54 Å². The number of carboxylic acids is 1. The highest BCUT2D eigenvalue weighted by atomic mass is 32.1. The van der Waals surface area contributed by atoms with Crippen LogP contribution in [0.25, 0.3) is 0 Å². The largest absolute Gasteiger partial charge is 0.481 e. The third kappa shape index (κ3) is 2.41. The number of hydrogen-bond acceptors (Lipinski definition) is 4. The summed E-state index contributed by atoms with van der Waals surface area (Å²) < 4.78 is 0. The highest BCUT2D eigenvalue weighted by Crippen LogP contribution is 2.27. The van der Waals surface area contributed by atoms with Crippen LogP contribution in [0.1, 0.15) is 30.8 Å². The summed E-state index contributed by atoms with van der Waals surface area (Å²) in [5, 5.41) is 12.1. The molecule has 1 fully saturated rings. The molecule has 4 nitrogen and oxygen atoms in total. The number of aliphatic carboxylic acids is 1. The Morgan fingerprint density at radius 3 is 3.19 bits per heavy atom. The van der Waals surface area contributed by atoms with E-state index < -0.39 is 5.97 Å². The first-order valence-electron chi connectivity index (χ1n) is 5.54. The molecule has 0 unspecified atom stereocenters. The van der Waals surface area contributed by atoms with Crippen molar-refractivity contribution in [2.24, 2.45) is 5.92 Å². The predicted molar refractivity (Wildman–Crippen MR) is 62.5 cm³/mol. The van der Waals surface area contributed by atoms with Crippen LogP contribution in [0.3, 0.4) is 0 Å². The van der Waals surface area contributed by atoms with Crippen molar-refractivity contribution < 1.29 is 9.90 Å². The van der Waals surface area contributed by atoms with E-state index in [1.54, 1.807) is 17.5 Å². The summed E-state index contributed by atoms with van der Waals surface area (Å²) in [5.41, 5.74) is 0. The topological polar surface area (TPSA) is 53.4 Å². The number of rotatable bonds is 3. The highest BCUT2D eigenvalue weighted by molar-refractivity contribution is 7.09. The smallest absolute Gasteiger partial charge is 0.307 e. The molecule has 5 heteroatoms. The fourth-order valence-electron chi connectivity index (χ4n) is 2.16. The summed E-state index contributed by atoms with van der Waals surface area (Å²) in [7, 11) is 0. The first kappa shape index (κ1) is 11.5. The second-order valence-electron chi connectivity index (χ2n) is 4.22. The predicted octanol–water partition coefficient (Wildman–Crippen LogP) is 2.00. The molecule has 0 aliphatic carbocycles. The van der Waals surface area contributed by atoms with Gasteiger partial charge in [0.25, 0.3) is 0 Å². The van der Waals surface area contributed by atoms with E-state index in [0.717, 1.165) is 24.4 Å². The van der Waals surface area contributed by atoms with Gasteiger partial charge in [0.1, 0.15) is 5.01 Å². The van der Waals surface area contributed by atoms with Crippen LogP contribution in [-0.2, 0) is 4.79 Å². The van der Waals surface area contributed by atoms with Crippen molar-refractivity contribution in [3.05, 3.63) is 16.6 Å². The molecule has 1 aromatic heterocycles. The quantitative estimate of drug-likeness (QED) is 0.878. The van der Waals surface area contributed by atoms with Crippen LogP contribution >= 0.6 is 11.3 Å². The van der Waals surface area contributed by atoms with Crippen LogP contribution in [0.4, 0.5) is 0 Å². The van der Waals surface area contributed by atoms with Crippen molar-refractivity contribution >= 4 is 17.3 Å². The number of carbonyl (C=O) groups is 1. The van der Waals surface area contributed by atoms with Crippen LogP contribution in [0.15, 0.2) is 11.6 Å². The van der Waals surface area contributed by atoms with Crippen LogP contribution in [0.5, 0.6) is 0 Å². The summed E-state index contributed by atoms with van der Waals surface area (Å²) in [6.45, 7) is 3.73. The third-order valence-electron chi connectivity index (χ3n) is 3.16. The van der Waals surface area contributed by atoms with Gasteiger partial charge in [0.2, 0.25) is 0 Å². The highest BCUT2D eigenvalue weighted by Gasteiger charge is 2.29. The normalized spacial score (nSPS) is 24.2. The summed E-state index contributed by atoms with van der Waals surface area (Å²) in [6, 6.07) is 0.238. The van der Waals surface area contributed by atoms with E-state index in [1.165, 1.54) is 0 Å². The molecule has 0 spiro atoms. The van der Waals surface area contributed by atoms with E-state index in [4.69, 9.17) is 5.11 Å². The molecular formula is C11H16N2O2S. The molecule has 1 aliphatic rings. The molecule has 2 atom stereocenters. The zero-order valence-corrected chi connectivity index (χ0v) is 10.1. The number of hydrogen-bond donors (Lipinski definition) is 1. The Morgan fingerprint density at radius 1 is 1.75 bits per heavy atom. The number of thiazole rings is 1. The molecule has 0 bridgehead atoms. The lowest BCUT2D eigenvalue weighted by molar-refractivity contribution is -0.143. The van der Waals surface area contributed by atoms with Gasteiger partial charge < -0.3 is 5.11 Å². The van der Waals surface area contributed by atoms with Gasteiger partial charge in [0.15, 0.2) is 0 Å². The average Bonchev–Trinajstić information content (AvgIpc) is 2.81. The van der Waals surface area contributed by atoms with Crippen LogP contribution in [0.2, 0.25) is 0 Å². The Hall–Kier alpha value is -0.940. The molecule has 1 saturated heterocycles. The number of nitrogens with zero attached hydrogens (tertiary/aromatic N) is 2. The number of likely N-dealkylation sites (tertiary alicyclic amines) is 1. The Kier molecular flexibility index (Phi) is 3.56. The lowest BCUT2D eigenvalue weighted by Crippen LogP contribution is -2.40. The van der Waals surface area contributed by atoms with E-state index in [2.05, 4.69) is 16.8 Å². The number of piperidine rings is 1. The molecule has 0 radical (unpaired) electrons. The summed E-state index contributed by atoms with van der Waals surface area (Å²) in [6.07, 6.45) is 3.57. The molecule has 0 aromatic carbocycles. The Morgan fingerprint density at radius 2 is 2.56 bits per heavy atom. The maximum absolute atomic E-state index is 11.0. The standard InChI is InChI=1S/C11H16N2O2S/c1-8(10-12-4-6-16-10)13-5-2-3-9(7-13)11(14)15/h4,6,8-9H,2-3,5,7H2,1H3,(H,14,15)/t8-,9-/m1/s1. The first-order chi connectivity index (χ1) is 7.68. The van der Waals surface area contributed by atoms with Gasteiger partial charge >= 0.3 is 5.97 Å². The van der Waals surface area contributed by atoms with Gasteiger partial charge in [0.05, 0.1) is 12.0 Å². The summed E-state index contributed by atoms with van der Waals surface area (Å²) in [5.74, 6) is -0.882. The van der Waals surface area contributed by atoms with Gasteiger partial charge in [-0.15, -0.1) is 11.3 Å². The minimum Gasteiger partial charge on any atom is -0.481 e. The van der Waals surface area contributed by atoms with Crippen LogP contribution < -0.4 is 0 Å². The molecule has 1 N–H and O–H groups in total. The molecule has 2 heterocycles. The van der Waals surface area contributed by atoms with Gasteiger partial charge in [-0.05, 0) is 26.3 Å². The van der Waals surface area contributed by atoms with Gasteiger partial charge in [-0.2, -0.15) is 0 Å². The minimum absolute atomic E-state index is 0.212. The molecule has 2 rings (SSSR count). The van der Waals surface area contributed by atoms with E-state index in [-0.39, 0.29) is 12.0 Å². The van der Waals surface area contributed by atoms with Gasteiger partial charge in [-0.1, -0.05) is 0 Å². The fraction of sp³-hybridized carbons (Fsp3) is 0.636. The number of carboxylic acid groups (broad SMARTS) is 1. The Balaban J connectivity index is 2.01. The van der Waals surface area contributed by atoms with Crippen LogP contribution in [-0.4, -0.2) is 34.0 Å². The van der Waals surface area contributed by atoms with Crippen molar-refractivity contribution in [3.63, 3.8) is 0 Å². The fourth-order valence-corrected chi connectivity index (χ4v) is 2.89. The van der Waals surface area contributed by atoms with Crippen LogP contribution in [0, 0.1) is 5.92 Å². The average molecular weight is 240 g/mol. The Labute approximate surface area is 98.9 Å². The maximum atomic E-state index is 11.0. The first-order valence-corrected chi connectivity index (χ1v) is 6.42. The van der Waals surface area contributed by atoms with Gasteiger partial charge in [0, 0.05) is 18.1 Å². The molecule has 1 aliphatic heterocycles. The SMILES string of the molecule is C[C@H](c1nccs1)N1CCC[C@@H](C(=O)O)C1. The summed E-state index contributed by atoms with van der Waals surface area (Å²) in [4.78, 5) is 17.5. The van der Waals surface area contributed by atoms with E-state index in [9.17, 15) is 4.79 Å². The minimum atomic E-state index is -0.670. The van der Waals surface area contributed by atoms with Crippen molar-refractivity contribution in [2.45, 2.75) is 25.8 Å². The molecule has 0 amide bonds. The lowest BCUT2D eigenvalue weighted by atomic mass is 9.97. The zero-order chi connectivity index (χ0) is 11.5. The molecule has 1 aromatic rings. The molecule has 88 valence electrons. The molecule has 0 saturated carbocycles. The maximum Gasteiger partial charge on any atom is 0.307 e. The van der Waals surface area contributed by atoms with Crippen molar-refractivity contribution in [2.75, 3.05) is 13.1 Å². The molecular weight excluding hydrogens is 224 g/mol. The van der Waals surface area contributed by atoms with Crippen molar-refractivity contribution in [1.82, 2.24) is 9.88 Å². The van der Waals surface area contributed by atoms with Gasteiger partial charge in [-0.3, -0.25) is 9.69 Å². The van der Waals surface area contributed by atoms with E-state index >= 15 is 0 Å². The van der Waals surface area contributed by atoms with Crippen molar-refractivity contribution in [1.29, 1.82) is 0 Å². The monoisotopic (exact) mass is 240 g/mol. The molecule has 16 heavy (non-hydrogen) atoms. The van der Waals surface area contributed by atoms with Crippen molar-refractivity contribution in [3.8, 4) is 0 Å². The lowest BCUT2D eigenvalue weighted by Gasteiger charge is -2.34. The second-order valence-corrected chi connectivity index (χ2v) is 5.14. The zero-order valence-electron chi connectivity index (χ0n) is 9.30. The third-order valence-corrected chi connectivity index (χ3v) is 4.10.